The zero-order valence-corrected chi connectivity index (χ0v) is 18.5. The number of phenolic OH excluding ortho intramolecular Hbond substituents is 1. The molecule has 3 aromatic rings. The lowest BCUT2D eigenvalue weighted by Crippen LogP contribution is -2.12. The van der Waals surface area contributed by atoms with E-state index in [1.54, 1.807) is 6.07 Å². The third-order valence-electron chi connectivity index (χ3n) is 4.95. The molecule has 1 heterocycles. The Balaban J connectivity index is 0.000000224. The van der Waals surface area contributed by atoms with Gasteiger partial charge in [-0.25, -0.2) is 0 Å². The third kappa shape index (κ3) is 6.87. The first-order valence-electron chi connectivity index (χ1n) is 10.8. The first kappa shape index (κ1) is 23.4. The highest BCUT2D eigenvalue weighted by atomic mass is 16.5. The SMILES string of the molecule is CCCCC(CC)COC(=O)CC.Cc1ccc(O)c(-n2nc3ccccc3n2)c1. The molecular formula is C24H33N3O3. The van der Waals surface area contributed by atoms with Crippen molar-refractivity contribution < 1.29 is 14.6 Å². The molecule has 0 fully saturated rings. The third-order valence-corrected chi connectivity index (χ3v) is 4.95. The molecule has 0 saturated heterocycles. The van der Waals surface area contributed by atoms with Crippen molar-refractivity contribution in [2.75, 3.05) is 6.61 Å². The smallest absolute Gasteiger partial charge is 0.305 e. The molecule has 6 heteroatoms. The summed E-state index contributed by atoms with van der Waals surface area (Å²) in [7, 11) is 0. The molecule has 0 aliphatic rings. The predicted molar refractivity (Wildman–Crippen MR) is 120 cm³/mol. The van der Waals surface area contributed by atoms with Crippen molar-refractivity contribution in [1.29, 1.82) is 0 Å². The van der Waals surface area contributed by atoms with Crippen LogP contribution in [0.1, 0.15) is 58.4 Å². The fraction of sp³-hybridized carbons (Fsp3) is 0.458. The highest BCUT2D eigenvalue weighted by molar-refractivity contribution is 5.73. The molecular weight excluding hydrogens is 378 g/mol. The zero-order valence-electron chi connectivity index (χ0n) is 18.5. The van der Waals surface area contributed by atoms with Gasteiger partial charge in [-0.3, -0.25) is 4.79 Å². The summed E-state index contributed by atoms with van der Waals surface area (Å²) in [4.78, 5) is 12.3. The molecule has 0 saturated carbocycles. The largest absolute Gasteiger partial charge is 0.506 e. The Morgan fingerprint density at radius 2 is 1.77 bits per heavy atom. The van der Waals surface area contributed by atoms with Crippen LogP contribution in [0.2, 0.25) is 0 Å². The van der Waals surface area contributed by atoms with Crippen LogP contribution in [0.4, 0.5) is 0 Å². The van der Waals surface area contributed by atoms with Crippen molar-refractivity contribution in [2.24, 2.45) is 5.92 Å². The second-order valence-corrected chi connectivity index (χ2v) is 7.42. The fourth-order valence-corrected chi connectivity index (χ4v) is 2.97. The van der Waals surface area contributed by atoms with Crippen molar-refractivity contribution in [3.63, 3.8) is 0 Å². The number of carbonyl (C=O) groups is 1. The van der Waals surface area contributed by atoms with E-state index in [9.17, 15) is 9.90 Å². The minimum atomic E-state index is -0.0741. The molecule has 0 aliphatic carbocycles. The minimum absolute atomic E-state index is 0.0741. The number of benzene rings is 2. The van der Waals surface area contributed by atoms with Gasteiger partial charge in [-0.05, 0) is 49.1 Å². The number of hydrogen-bond donors (Lipinski definition) is 1. The van der Waals surface area contributed by atoms with E-state index in [1.807, 2.05) is 50.2 Å². The quantitative estimate of drug-likeness (QED) is 0.489. The number of aromatic hydroxyl groups is 1. The monoisotopic (exact) mass is 411 g/mol. The van der Waals surface area contributed by atoms with Crippen LogP contribution in [0, 0.1) is 12.8 Å². The van der Waals surface area contributed by atoms with E-state index in [-0.39, 0.29) is 11.7 Å². The summed E-state index contributed by atoms with van der Waals surface area (Å²) in [6.45, 7) is 8.75. The maximum Gasteiger partial charge on any atom is 0.305 e. The Labute approximate surface area is 178 Å². The Bertz CT molecular complexity index is 903. The van der Waals surface area contributed by atoms with Gasteiger partial charge in [-0.15, -0.1) is 15.0 Å². The molecule has 1 N–H and O–H groups in total. The molecule has 162 valence electrons. The van der Waals surface area contributed by atoms with Gasteiger partial charge in [0.2, 0.25) is 0 Å². The summed E-state index contributed by atoms with van der Waals surface area (Å²) in [6.07, 6.45) is 5.24. The molecule has 0 bridgehead atoms. The number of aryl methyl sites for hydroxylation is 1. The van der Waals surface area contributed by atoms with Crippen LogP contribution in [0.3, 0.4) is 0 Å². The summed E-state index contributed by atoms with van der Waals surface area (Å²) < 4.78 is 5.10. The second kappa shape index (κ2) is 12.0. The van der Waals surface area contributed by atoms with Gasteiger partial charge in [-0.2, -0.15) is 0 Å². The van der Waals surface area contributed by atoms with Crippen molar-refractivity contribution in [1.82, 2.24) is 15.0 Å². The van der Waals surface area contributed by atoms with E-state index in [0.717, 1.165) is 23.0 Å². The summed E-state index contributed by atoms with van der Waals surface area (Å²) in [5.41, 5.74) is 3.28. The van der Waals surface area contributed by atoms with Gasteiger partial charge < -0.3 is 9.84 Å². The Morgan fingerprint density at radius 1 is 1.10 bits per heavy atom. The summed E-state index contributed by atoms with van der Waals surface area (Å²) in [5.74, 6) is 0.668. The second-order valence-electron chi connectivity index (χ2n) is 7.42. The maximum atomic E-state index is 10.9. The van der Waals surface area contributed by atoms with Gasteiger partial charge >= 0.3 is 5.97 Å². The lowest BCUT2D eigenvalue weighted by atomic mass is 10.0. The predicted octanol–water partition coefficient (Wildman–Crippen LogP) is 5.59. The molecule has 0 radical (unpaired) electrons. The number of aromatic nitrogens is 3. The molecule has 30 heavy (non-hydrogen) atoms. The number of fused-ring (bicyclic) bond motifs is 1. The van der Waals surface area contributed by atoms with E-state index in [0.29, 0.717) is 24.6 Å². The van der Waals surface area contributed by atoms with Crippen LogP contribution in [0.5, 0.6) is 5.75 Å². The number of esters is 1. The van der Waals surface area contributed by atoms with Gasteiger partial charge in [0.15, 0.2) is 0 Å². The van der Waals surface area contributed by atoms with Crippen molar-refractivity contribution in [3.8, 4) is 11.4 Å². The Hall–Kier alpha value is -2.89. The zero-order chi connectivity index (χ0) is 21.9. The van der Waals surface area contributed by atoms with E-state index in [4.69, 9.17) is 4.74 Å². The van der Waals surface area contributed by atoms with Gasteiger partial charge in [0.1, 0.15) is 22.5 Å². The van der Waals surface area contributed by atoms with Gasteiger partial charge in [-0.1, -0.05) is 58.2 Å². The topological polar surface area (TPSA) is 77.2 Å². The standard InChI is InChI=1S/C13H11N3O.C11H22O2/c1-9-6-7-13(17)12(8-9)16-14-10-4-2-3-5-11(10)15-16;1-4-7-8-10(5-2)9-13-11(12)6-3/h2-8,17H,1H3;10H,4-9H2,1-3H3. The highest BCUT2D eigenvalue weighted by Gasteiger charge is 2.09. The van der Waals surface area contributed by atoms with E-state index in [2.05, 4.69) is 24.0 Å². The lowest BCUT2D eigenvalue weighted by molar-refractivity contribution is -0.144. The molecule has 3 rings (SSSR count). The number of carbonyl (C=O) groups excluding carboxylic acids is 1. The van der Waals surface area contributed by atoms with Crippen molar-refractivity contribution in [3.05, 3.63) is 48.0 Å². The summed E-state index contributed by atoms with van der Waals surface area (Å²) in [5, 5.41) is 18.5. The van der Waals surface area contributed by atoms with Crippen LogP contribution in [-0.4, -0.2) is 32.7 Å². The molecule has 0 amide bonds. The number of phenols is 1. The minimum Gasteiger partial charge on any atom is -0.506 e. The van der Waals surface area contributed by atoms with Crippen LogP contribution in [-0.2, 0) is 9.53 Å². The van der Waals surface area contributed by atoms with Crippen molar-refractivity contribution >= 4 is 17.0 Å². The van der Waals surface area contributed by atoms with Crippen LogP contribution >= 0.6 is 0 Å². The maximum absolute atomic E-state index is 10.9. The normalized spacial score (nSPS) is 11.6. The van der Waals surface area contributed by atoms with E-state index >= 15 is 0 Å². The fourth-order valence-electron chi connectivity index (χ4n) is 2.97. The van der Waals surface area contributed by atoms with E-state index < -0.39 is 0 Å². The average molecular weight is 412 g/mol. The first-order valence-corrected chi connectivity index (χ1v) is 10.8. The molecule has 1 unspecified atom stereocenters. The summed E-state index contributed by atoms with van der Waals surface area (Å²) >= 11 is 0. The van der Waals surface area contributed by atoms with Crippen LogP contribution in [0.15, 0.2) is 42.5 Å². The molecule has 1 aromatic heterocycles. The average Bonchev–Trinajstić information content (AvgIpc) is 3.20. The first-order chi connectivity index (χ1) is 14.5. The number of hydrogen-bond acceptors (Lipinski definition) is 5. The number of unbranched alkanes of at least 4 members (excludes halogenated alkanes) is 1. The Morgan fingerprint density at radius 3 is 2.33 bits per heavy atom. The van der Waals surface area contributed by atoms with Crippen molar-refractivity contribution in [2.45, 2.75) is 59.8 Å². The van der Waals surface area contributed by atoms with Gasteiger partial charge in [0.05, 0.1) is 6.61 Å². The molecule has 2 aromatic carbocycles. The Kier molecular flexibility index (Phi) is 9.32. The molecule has 0 spiro atoms. The highest BCUT2D eigenvalue weighted by Crippen LogP contribution is 2.22. The summed E-state index contributed by atoms with van der Waals surface area (Å²) in [6, 6.07) is 13.0. The lowest BCUT2D eigenvalue weighted by Gasteiger charge is -2.13. The molecule has 0 aliphatic heterocycles. The van der Waals surface area contributed by atoms with E-state index in [1.165, 1.54) is 24.1 Å². The number of ether oxygens (including phenoxy) is 1. The number of nitrogens with zero attached hydrogens (tertiary/aromatic N) is 3. The van der Waals surface area contributed by atoms with Gasteiger partial charge in [0.25, 0.3) is 0 Å². The van der Waals surface area contributed by atoms with Crippen LogP contribution < -0.4 is 0 Å². The molecule has 6 nitrogen and oxygen atoms in total. The van der Waals surface area contributed by atoms with Gasteiger partial charge in [0, 0.05) is 6.42 Å². The number of rotatable bonds is 8. The van der Waals surface area contributed by atoms with Crippen LogP contribution in [0.25, 0.3) is 16.7 Å². The molecule has 1 atom stereocenters.